The molecule has 0 aromatic heterocycles. The van der Waals surface area contributed by atoms with Crippen LogP contribution in [-0.2, 0) is 0 Å². The summed E-state index contributed by atoms with van der Waals surface area (Å²) in [6.07, 6.45) is 9.50. The molecule has 1 aliphatic heterocycles. The van der Waals surface area contributed by atoms with Gasteiger partial charge in [0.2, 0.25) is 0 Å². The fourth-order valence-electron chi connectivity index (χ4n) is 3.77. The van der Waals surface area contributed by atoms with Crippen LogP contribution in [0.4, 0.5) is 0 Å². The Morgan fingerprint density at radius 3 is 2.61 bits per heavy atom. The van der Waals surface area contributed by atoms with Crippen molar-refractivity contribution in [3.63, 3.8) is 0 Å². The van der Waals surface area contributed by atoms with Gasteiger partial charge in [0.15, 0.2) is 11.5 Å². The van der Waals surface area contributed by atoms with Gasteiger partial charge in [-0.2, -0.15) is 0 Å². The highest BCUT2D eigenvalue weighted by atomic mass is 16.6. The second kappa shape index (κ2) is 8.02. The highest BCUT2D eigenvalue weighted by Crippen LogP contribution is 2.34. The third-order valence-corrected chi connectivity index (χ3v) is 5.19. The van der Waals surface area contributed by atoms with E-state index in [9.17, 15) is 5.11 Å². The predicted octanol–water partition coefficient (Wildman–Crippen LogP) is 3.57. The summed E-state index contributed by atoms with van der Waals surface area (Å²) in [6.45, 7) is 1.13. The van der Waals surface area contributed by atoms with E-state index < -0.39 is 6.10 Å². The molecule has 0 bridgehead atoms. The first-order chi connectivity index (χ1) is 11.2. The average molecular weight is 319 g/mol. The Hall–Kier alpha value is -1.26. The Labute approximate surface area is 139 Å². The van der Waals surface area contributed by atoms with Crippen LogP contribution in [0.1, 0.15) is 63.0 Å². The molecule has 2 aliphatic rings. The number of nitrogens with two attached hydrogens (primary N) is 1. The Bertz CT molecular complexity index is 499. The molecule has 4 nitrogen and oxygen atoms in total. The van der Waals surface area contributed by atoms with Crippen molar-refractivity contribution in [3.8, 4) is 11.5 Å². The lowest BCUT2D eigenvalue weighted by Crippen LogP contribution is -2.28. The molecule has 0 unspecified atom stereocenters. The summed E-state index contributed by atoms with van der Waals surface area (Å²) >= 11 is 0. The number of ether oxygens (including phenoxy) is 2. The molecule has 1 aliphatic carbocycles. The molecular formula is C19H29NO3. The molecule has 1 fully saturated rings. The normalized spacial score (nSPS) is 21.0. The molecule has 3 N–H and O–H groups in total. The minimum absolute atomic E-state index is 0.221. The van der Waals surface area contributed by atoms with Crippen molar-refractivity contribution in [3.05, 3.63) is 23.8 Å². The van der Waals surface area contributed by atoms with Crippen LogP contribution < -0.4 is 15.2 Å². The van der Waals surface area contributed by atoms with Crippen LogP contribution in [0.2, 0.25) is 0 Å². The lowest BCUT2D eigenvalue weighted by molar-refractivity contribution is 0.137. The fraction of sp³-hybridized carbons (Fsp3) is 0.684. The number of benzene rings is 1. The Morgan fingerprint density at radius 2 is 1.83 bits per heavy atom. The van der Waals surface area contributed by atoms with E-state index in [-0.39, 0.29) is 6.04 Å². The molecule has 1 saturated carbocycles. The molecule has 1 heterocycles. The van der Waals surface area contributed by atoms with Crippen molar-refractivity contribution in [2.45, 2.75) is 63.5 Å². The van der Waals surface area contributed by atoms with Crippen LogP contribution in [0.5, 0.6) is 11.5 Å². The summed E-state index contributed by atoms with van der Waals surface area (Å²) in [5.74, 6) is 2.34. The van der Waals surface area contributed by atoms with Gasteiger partial charge >= 0.3 is 0 Å². The zero-order chi connectivity index (χ0) is 16.1. The summed E-state index contributed by atoms with van der Waals surface area (Å²) in [5.41, 5.74) is 7.04. The van der Waals surface area contributed by atoms with E-state index in [0.717, 1.165) is 30.1 Å². The summed E-state index contributed by atoms with van der Waals surface area (Å²) in [4.78, 5) is 0. The fourth-order valence-corrected chi connectivity index (χ4v) is 3.77. The Balaban J connectivity index is 1.49. The first-order valence-electron chi connectivity index (χ1n) is 9.07. The number of aliphatic hydroxyl groups excluding tert-OH is 1. The van der Waals surface area contributed by atoms with E-state index in [2.05, 4.69) is 0 Å². The van der Waals surface area contributed by atoms with Gasteiger partial charge in [-0.25, -0.2) is 0 Å². The first kappa shape index (κ1) is 16.6. The standard InChI is InChI=1S/C19H29NO3/c20-16(8-4-7-14-5-2-1-3-6-14)19(21)15-9-10-17-18(13-15)23-12-11-22-17/h9-10,13-14,16,19,21H,1-8,11-12,20H2/t16-,19-/m1/s1. The minimum Gasteiger partial charge on any atom is -0.486 e. The second-order valence-electron chi connectivity index (χ2n) is 6.95. The van der Waals surface area contributed by atoms with Gasteiger partial charge in [-0.3, -0.25) is 0 Å². The van der Waals surface area contributed by atoms with Crippen molar-refractivity contribution in [2.24, 2.45) is 11.7 Å². The largest absolute Gasteiger partial charge is 0.486 e. The van der Waals surface area contributed by atoms with Crippen LogP contribution in [0.25, 0.3) is 0 Å². The van der Waals surface area contributed by atoms with Crippen LogP contribution in [0, 0.1) is 5.92 Å². The van der Waals surface area contributed by atoms with Crippen LogP contribution >= 0.6 is 0 Å². The first-order valence-corrected chi connectivity index (χ1v) is 9.07. The quantitative estimate of drug-likeness (QED) is 0.841. The lowest BCUT2D eigenvalue weighted by atomic mass is 9.85. The Morgan fingerprint density at radius 1 is 1.09 bits per heavy atom. The van der Waals surface area contributed by atoms with Gasteiger partial charge in [0.1, 0.15) is 13.2 Å². The summed E-state index contributed by atoms with van der Waals surface area (Å²) in [6, 6.07) is 5.39. The summed E-state index contributed by atoms with van der Waals surface area (Å²) in [5, 5.41) is 10.5. The van der Waals surface area contributed by atoms with Gasteiger partial charge in [-0.15, -0.1) is 0 Å². The van der Waals surface area contributed by atoms with Crippen molar-refractivity contribution in [1.82, 2.24) is 0 Å². The molecule has 0 amide bonds. The molecule has 0 saturated heterocycles. The topological polar surface area (TPSA) is 64.7 Å². The van der Waals surface area contributed by atoms with Crippen molar-refractivity contribution < 1.29 is 14.6 Å². The molecule has 0 radical (unpaired) electrons. The van der Waals surface area contributed by atoms with Gasteiger partial charge in [0.25, 0.3) is 0 Å². The summed E-state index contributed by atoms with van der Waals surface area (Å²) in [7, 11) is 0. The van der Waals surface area contributed by atoms with Crippen LogP contribution in [0.15, 0.2) is 18.2 Å². The van der Waals surface area contributed by atoms with Gasteiger partial charge < -0.3 is 20.3 Å². The number of hydrogen-bond acceptors (Lipinski definition) is 4. The average Bonchev–Trinajstić information content (AvgIpc) is 2.61. The lowest BCUT2D eigenvalue weighted by Gasteiger charge is -2.24. The molecular weight excluding hydrogens is 290 g/mol. The van der Waals surface area contributed by atoms with Crippen molar-refractivity contribution in [2.75, 3.05) is 13.2 Å². The van der Waals surface area contributed by atoms with Gasteiger partial charge in [-0.05, 0) is 30.0 Å². The molecule has 1 aromatic rings. The van der Waals surface area contributed by atoms with Crippen LogP contribution in [-0.4, -0.2) is 24.4 Å². The monoisotopic (exact) mass is 319 g/mol. The number of rotatable bonds is 6. The third-order valence-electron chi connectivity index (χ3n) is 5.19. The van der Waals surface area contributed by atoms with Gasteiger partial charge in [-0.1, -0.05) is 51.0 Å². The van der Waals surface area contributed by atoms with E-state index in [1.54, 1.807) is 0 Å². The maximum atomic E-state index is 10.5. The van der Waals surface area contributed by atoms with Crippen molar-refractivity contribution in [1.29, 1.82) is 0 Å². The number of aliphatic hydroxyl groups is 1. The molecule has 0 spiro atoms. The molecule has 23 heavy (non-hydrogen) atoms. The molecule has 2 atom stereocenters. The molecule has 3 rings (SSSR count). The van der Waals surface area contributed by atoms with E-state index >= 15 is 0 Å². The van der Waals surface area contributed by atoms with E-state index in [0.29, 0.717) is 19.0 Å². The predicted molar refractivity (Wildman–Crippen MR) is 90.8 cm³/mol. The highest BCUT2D eigenvalue weighted by Gasteiger charge is 2.21. The smallest absolute Gasteiger partial charge is 0.161 e. The van der Waals surface area contributed by atoms with Crippen LogP contribution in [0.3, 0.4) is 0 Å². The number of hydrogen-bond donors (Lipinski definition) is 2. The summed E-state index contributed by atoms with van der Waals surface area (Å²) < 4.78 is 11.1. The molecule has 4 heteroatoms. The maximum absolute atomic E-state index is 10.5. The highest BCUT2D eigenvalue weighted by molar-refractivity contribution is 5.44. The molecule has 128 valence electrons. The Kier molecular flexibility index (Phi) is 5.79. The van der Waals surface area contributed by atoms with Gasteiger partial charge in [0, 0.05) is 6.04 Å². The van der Waals surface area contributed by atoms with Crippen molar-refractivity contribution >= 4 is 0 Å². The van der Waals surface area contributed by atoms with E-state index in [1.807, 2.05) is 18.2 Å². The second-order valence-corrected chi connectivity index (χ2v) is 6.95. The maximum Gasteiger partial charge on any atom is 0.161 e. The zero-order valence-corrected chi connectivity index (χ0v) is 13.9. The SMILES string of the molecule is N[C@H](CCCC1CCCCC1)[C@H](O)c1ccc2c(c1)OCCO2. The zero-order valence-electron chi connectivity index (χ0n) is 13.9. The number of fused-ring (bicyclic) bond motifs is 1. The van der Waals surface area contributed by atoms with E-state index in [4.69, 9.17) is 15.2 Å². The third kappa shape index (κ3) is 4.39. The van der Waals surface area contributed by atoms with Gasteiger partial charge in [0.05, 0.1) is 6.10 Å². The molecule has 1 aromatic carbocycles. The minimum atomic E-state index is -0.641. The van der Waals surface area contributed by atoms with E-state index in [1.165, 1.54) is 38.5 Å².